The van der Waals surface area contributed by atoms with Crippen molar-refractivity contribution < 1.29 is 13.7 Å². The third-order valence-electron chi connectivity index (χ3n) is 2.82. The highest BCUT2D eigenvalue weighted by Crippen LogP contribution is 2.23. The Balaban J connectivity index is 1.97. The average Bonchev–Trinajstić information content (AvgIpc) is 2.83. The molecular formula is C9H12F2N4O2. The van der Waals surface area contributed by atoms with Gasteiger partial charge < -0.3 is 0 Å². The van der Waals surface area contributed by atoms with Crippen molar-refractivity contribution in [2.75, 3.05) is 19.6 Å². The van der Waals surface area contributed by atoms with Gasteiger partial charge in [0.15, 0.2) is 0 Å². The molecule has 0 aliphatic carbocycles. The van der Waals surface area contributed by atoms with Gasteiger partial charge in [-0.1, -0.05) is 0 Å². The first kappa shape index (κ1) is 11.9. The number of nitrogens with zero attached hydrogens (tertiary/aromatic N) is 4. The first-order valence-electron chi connectivity index (χ1n) is 5.25. The van der Waals surface area contributed by atoms with Crippen LogP contribution < -0.4 is 0 Å². The van der Waals surface area contributed by atoms with E-state index < -0.39 is 11.3 Å². The Morgan fingerprint density at radius 2 is 2.41 bits per heavy atom. The molecule has 0 amide bonds. The van der Waals surface area contributed by atoms with E-state index in [4.69, 9.17) is 0 Å². The van der Waals surface area contributed by atoms with E-state index in [1.54, 1.807) is 4.90 Å². The zero-order chi connectivity index (χ0) is 12.4. The summed E-state index contributed by atoms with van der Waals surface area (Å²) < 4.78 is 25.8. The number of likely N-dealkylation sites (tertiary alicyclic amines) is 1. The van der Waals surface area contributed by atoms with Crippen molar-refractivity contribution >= 4 is 5.69 Å². The molecule has 1 atom stereocenters. The Labute approximate surface area is 96.0 Å². The lowest BCUT2D eigenvalue weighted by atomic mass is 10.3. The van der Waals surface area contributed by atoms with Crippen LogP contribution in [0.2, 0.25) is 0 Å². The molecule has 0 radical (unpaired) electrons. The molecule has 8 heteroatoms. The lowest BCUT2D eigenvalue weighted by Gasteiger charge is -2.14. The van der Waals surface area contributed by atoms with Crippen molar-refractivity contribution in [2.45, 2.75) is 18.9 Å². The maximum Gasteiger partial charge on any atom is 0.307 e. The topological polar surface area (TPSA) is 64.2 Å². The zero-order valence-corrected chi connectivity index (χ0v) is 9.00. The highest BCUT2D eigenvalue weighted by molar-refractivity contribution is 5.21. The third kappa shape index (κ3) is 2.76. The zero-order valence-electron chi connectivity index (χ0n) is 9.00. The molecule has 0 N–H and O–H groups in total. The summed E-state index contributed by atoms with van der Waals surface area (Å²) in [6.07, 6.45) is 0.860. The summed E-state index contributed by atoms with van der Waals surface area (Å²) in [5.74, 6) is 0. The summed E-state index contributed by atoms with van der Waals surface area (Å²) in [6, 6.07) is -0.0533. The van der Waals surface area contributed by atoms with Crippen molar-refractivity contribution in [1.82, 2.24) is 14.7 Å². The van der Waals surface area contributed by atoms with E-state index in [-0.39, 0.29) is 18.3 Å². The molecule has 2 rings (SSSR count). The lowest BCUT2D eigenvalue weighted by Crippen LogP contribution is -2.27. The van der Waals surface area contributed by atoms with Gasteiger partial charge in [0.1, 0.15) is 12.4 Å². The van der Waals surface area contributed by atoms with Crippen molar-refractivity contribution in [2.24, 2.45) is 0 Å². The van der Waals surface area contributed by atoms with E-state index in [2.05, 4.69) is 5.10 Å². The smallest absolute Gasteiger partial charge is 0.296 e. The van der Waals surface area contributed by atoms with E-state index in [1.165, 1.54) is 17.1 Å². The minimum Gasteiger partial charge on any atom is -0.296 e. The summed E-state index contributed by atoms with van der Waals surface area (Å²) in [5, 5.41) is 14.4. The molecule has 94 valence electrons. The van der Waals surface area contributed by atoms with Crippen LogP contribution in [-0.2, 0) is 0 Å². The van der Waals surface area contributed by atoms with Crippen LogP contribution in [-0.4, -0.2) is 45.7 Å². The molecule has 0 spiro atoms. The van der Waals surface area contributed by atoms with Gasteiger partial charge in [-0.2, -0.15) is 5.10 Å². The highest BCUT2D eigenvalue weighted by Gasteiger charge is 2.27. The largest absolute Gasteiger partial charge is 0.307 e. The molecular weight excluding hydrogens is 234 g/mol. The molecule has 17 heavy (non-hydrogen) atoms. The highest BCUT2D eigenvalue weighted by atomic mass is 19.3. The van der Waals surface area contributed by atoms with Crippen LogP contribution in [0, 0.1) is 10.1 Å². The van der Waals surface area contributed by atoms with Crippen LogP contribution >= 0.6 is 0 Å². The number of halogens is 2. The van der Waals surface area contributed by atoms with Crippen molar-refractivity contribution in [3.63, 3.8) is 0 Å². The molecule has 1 aromatic rings. The Hall–Kier alpha value is -1.57. The molecule has 1 saturated heterocycles. The molecule has 1 aliphatic heterocycles. The summed E-state index contributed by atoms with van der Waals surface area (Å²) in [4.78, 5) is 11.6. The number of hydrogen-bond acceptors (Lipinski definition) is 4. The third-order valence-corrected chi connectivity index (χ3v) is 2.82. The maximum absolute atomic E-state index is 12.2. The van der Waals surface area contributed by atoms with Crippen molar-refractivity contribution in [1.29, 1.82) is 0 Å². The van der Waals surface area contributed by atoms with Crippen LogP contribution in [0.15, 0.2) is 12.4 Å². The summed E-state index contributed by atoms with van der Waals surface area (Å²) in [7, 11) is 0. The van der Waals surface area contributed by atoms with Gasteiger partial charge in [-0.05, 0) is 6.42 Å². The standard InChI is InChI=1S/C9H12F2N4O2/c10-9(11)6-13-2-1-7(4-13)14-5-8(3-12-14)15(16)17/h3,5,7,9H,1-2,4,6H2/t7-/m1/s1. The van der Waals surface area contributed by atoms with Gasteiger partial charge in [0.05, 0.1) is 17.5 Å². The van der Waals surface area contributed by atoms with Crippen LogP contribution in [0.1, 0.15) is 12.5 Å². The number of alkyl halides is 2. The van der Waals surface area contributed by atoms with E-state index in [0.29, 0.717) is 19.5 Å². The SMILES string of the molecule is O=[N+]([O-])c1cnn([C@@H]2CCN(CC(F)F)C2)c1. The van der Waals surface area contributed by atoms with E-state index in [1.807, 2.05) is 0 Å². The van der Waals surface area contributed by atoms with Crippen LogP contribution in [0.25, 0.3) is 0 Å². The second-order valence-corrected chi connectivity index (χ2v) is 4.03. The van der Waals surface area contributed by atoms with Crippen LogP contribution in [0.3, 0.4) is 0 Å². The van der Waals surface area contributed by atoms with E-state index >= 15 is 0 Å². The second-order valence-electron chi connectivity index (χ2n) is 4.03. The number of rotatable bonds is 4. The molecule has 0 bridgehead atoms. The van der Waals surface area contributed by atoms with Crippen LogP contribution in [0.4, 0.5) is 14.5 Å². The number of aromatic nitrogens is 2. The van der Waals surface area contributed by atoms with Gasteiger partial charge in [-0.15, -0.1) is 0 Å². The minimum atomic E-state index is -2.35. The van der Waals surface area contributed by atoms with Gasteiger partial charge in [-0.3, -0.25) is 19.7 Å². The van der Waals surface area contributed by atoms with Gasteiger partial charge in [0.25, 0.3) is 6.43 Å². The van der Waals surface area contributed by atoms with Gasteiger partial charge in [-0.25, -0.2) is 8.78 Å². The molecule has 0 unspecified atom stereocenters. The minimum absolute atomic E-state index is 0.0533. The summed E-state index contributed by atoms with van der Waals surface area (Å²) in [5.41, 5.74) is -0.0719. The van der Waals surface area contributed by atoms with Crippen molar-refractivity contribution in [3.05, 3.63) is 22.5 Å². The molecule has 1 aromatic heterocycles. The number of hydrogen-bond donors (Lipinski definition) is 0. The Kier molecular flexibility index (Phi) is 3.32. The Morgan fingerprint density at radius 3 is 3.00 bits per heavy atom. The molecule has 0 saturated carbocycles. The lowest BCUT2D eigenvalue weighted by molar-refractivity contribution is -0.385. The Bertz CT molecular complexity index is 409. The van der Waals surface area contributed by atoms with Crippen molar-refractivity contribution in [3.8, 4) is 0 Å². The molecule has 2 heterocycles. The Morgan fingerprint density at radius 1 is 1.65 bits per heavy atom. The van der Waals surface area contributed by atoms with Gasteiger partial charge in [0, 0.05) is 13.1 Å². The normalized spacial score (nSPS) is 21.2. The fourth-order valence-corrected chi connectivity index (χ4v) is 2.01. The van der Waals surface area contributed by atoms with Crippen LogP contribution in [0.5, 0.6) is 0 Å². The molecule has 6 nitrogen and oxygen atoms in total. The molecule has 0 aromatic carbocycles. The summed E-state index contributed by atoms with van der Waals surface area (Å²) >= 11 is 0. The maximum atomic E-state index is 12.2. The first-order valence-corrected chi connectivity index (χ1v) is 5.25. The molecule has 1 fully saturated rings. The fourth-order valence-electron chi connectivity index (χ4n) is 2.01. The van der Waals surface area contributed by atoms with E-state index in [9.17, 15) is 18.9 Å². The van der Waals surface area contributed by atoms with Gasteiger partial charge >= 0.3 is 5.69 Å². The van der Waals surface area contributed by atoms with Gasteiger partial charge in [0.2, 0.25) is 0 Å². The fraction of sp³-hybridized carbons (Fsp3) is 0.667. The quantitative estimate of drug-likeness (QED) is 0.593. The monoisotopic (exact) mass is 246 g/mol. The second kappa shape index (κ2) is 4.74. The average molecular weight is 246 g/mol. The summed E-state index contributed by atoms with van der Waals surface area (Å²) in [6.45, 7) is 0.783. The predicted octanol–water partition coefficient (Wildman–Crippen LogP) is 1.30. The first-order chi connectivity index (χ1) is 8.06. The predicted molar refractivity (Wildman–Crippen MR) is 55.0 cm³/mol. The number of nitro groups is 1. The molecule has 1 aliphatic rings. The van der Waals surface area contributed by atoms with E-state index in [0.717, 1.165) is 0 Å².